The predicted octanol–water partition coefficient (Wildman–Crippen LogP) is 0.343. The lowest BCUT2D eigenvalue weighted by atomic mass is 10.0. The van der Waals surface area contributed by atoms with Gasteiger partial charge in [0.05, 0.1) is 5.60 Å². The van der Waals surface area contributed by atoms with Crippen molar-refractivity contribution in [1.29, 1.82) is 0 Å². The minimum absolute atomic E-state index is 0.0639. The number of β-amino-alcohol motifs (C(OH)–C–C–N with tert-alkyl or cyclic N) is 1. The van der Waals surface area contributed by atoms with E-state index in [0.29, 0.717) is 31.8 Å². The van der Waals surface area contributed by atoms with Gasteiger partial charge in [0.15, 0.2) is 0 Å². The number of hydrogen-bond donors (Lipinski definition) is 2. The van der Waals surface area contributed by atoms with E-state index in [0.717, 1.165) is 0 Å². The van der Waals surface area contributed by atoms with Crippen LogP contribution >= 0.6 is 0 Å². The first-order valence-corrected chi connectivity index (χ1v) is 5.57. The van der Waals surface area contributed by atoms with Crippen LogP contribution in [0.2, 0.25) is 0 Å². The summed E-state index contributed by atoms with van der Waals surface area (Å²) in [5.74, 6) is 0.381. The SMILES string of the molecule is CC(C)C(N)CC(=O)N1CCC(C)(O)C1. The van der Waals surface area contributed by atoms with Crippen LogP contribution in [0.1, 0.15) is 33.6 Å². The van der Waals surface area contributed by atoms with E-state index in [4.69, 9.17) is 5.73 Å². The highest BCUT2D eigenvalue weighted by Gasteiger charge is 2.34. The van der Waals surface area contributed by atoms with Gasteiger partial charge in [-0.15, -0.1) is 0 Å². The molecule has 1 rings (SSSR count). The lowest BCUT2D eigenvalue weighted by molar-refractivity contribution is -0.131. The number of likely N-dealkylation sites (tertiary alicyclic amines) is 1. The highest BCUT2D eigenvalue weighted by Crippen LogP contribution is 2.21. The van der Waals surface area contributed by atoms with E-state index in [9.17, 15) is 9.90 Å². The number of nitrogens with zero attached hydrogens (tertiary/aromatic N) is 1. The van der Waals surface area contributed by atoms with Crippen molar-refractivity contribution >= 4 is 5.91 Å². The van der Waals surface area contributed by atoms with E-state index >= 15 is 0 Å². The molecule has 2 unspecified atom stereocenters. The van der Waals surface area contributed by atoms with Gasteiger partial charge in [0.1, 0.15) is 0 Å². The van der Waals surface area contributed by atoms with Crippen LogP contribution in [-0.4, -0.2) is 40.6 Å². The van der Waals surface area contributed by atoms with Crippen LogP contribution in [0.3, 0.4) is 0 Å². The molecule has 0 aromatic rings. The molecule has 4 nitrogen and oxygen atoms in total. The third-order valence-electron chi connectivity index (χ3n) is 3.07. The molecule has 3 N–H and O–H groups in total. The van der Waals surface area contributed by atoms with Crippen LogP contribution in [-0.2, 0) is 4.79 Å². The fourth-order valence-corrected chi connectivity index (χ4v) is 1.72. The van der Waals surface area contributed by atoms with Gasteiger partial charge in [-0.2, -0.15) is 0 Å². The molecule has 1 heterocycles. The third kappa shape index (κ3) is 3.47. The van der Waals surface area contributed by atoms with E-state index in [1.54, 1.807) is 11.8 Å². The van der Waals surface area contributed by atoms with E-state index in [1.165, 1.54) is 0 Å². The van der Waals surface area contributed by atoms with Crippen molar-refractivity contribution < 1.29 is 9.90 Å². The zero-order chi connectivity index (χ0) is 11.6. The Morgan fingerprint density at radius 1 is 1.60 bits per heavy atom. The van der Waals surface area contributed by atoms with Gasteiger partial charge in [-0.1, -0.05) is 13.8 Å². The summed E-state index contributed by atoms with van der Waals surface area (Å²) in [4.78, 5) is 13.5. The first-order chi connectivity index (χ1) is 6.82. The van der Waals surface area contributed by atoms with Crippen molar-refractivity contribution in [3.63, 3.8) is 0 Å². The third-order valence-corrected chi connectivity index (χ3v) is 3.07. The summed E-state index contributed by atoms with van der Waals surface area (Å²) >= 11 is 0. The maximum absolute atomic E-state index is 11.8. The van der Waals surface area contributed by atoms with Crippen LogP contribution in [0.5, 0.6) is 0 Å². The van der Waals surface area contributed by atoms with Gasteiger partial charge in [0, 0.05) is 25.6 Å². The molecule has 0 aromatic carbocycles. The van der Waals surface area contributed by atoms with E-state index in [1.807, 2.05) is 13.8 Å². The summed E-state index contributed by atoms with van der Waals surface area (Å²) in [6.07, 6.45) is 1.05. The summed E-state index contributed by atoms with van der Waals surface area (Å²) in [7, 11) is 0. The lowest BCUT2D eigenvalue weighted by Gasteiger charge is -2.22. The summed E-state index contributed by atoms with van der Waals surface area (Å²) in [6.45, 7) is 6.88. The van der Waals surface area contributed by atoms with Crippen molar-refractivity contribution in [2.24, 2.45) is 11.7 Å². The Morgan fingerprint density at radius 3 is 2.60 bits per heavy atom. The van der Waals surface area contributed by atoms with E-state index in [2.05, 4.69) is 0 Å². The molecule has 0 saturated carbocycles. The van der Waals surface area contributed by atoms with Gasteiger partial charge in [0.2, 0.25) is 5.91 Å². The van der Waals surface area contributed by atoms with Crippen LogP contribution in [0, 0.1) is 5.92 Å². The lowest BCUT2D eigenvalue weighted by Crippen LogP contribution is -2.38. The first-order valence-electron chi connectivity index (χ1n) is 5.57. The first kappa shape index (κ1) is 12.5. The molecule has 1 fully saturated rings. The molecular formula is C11H22N2O2. The average Bonchev–Trinajstić information content (AvgIpc) is 2.45. The second-order valence-electron chi connectivity index (χ2n) is 5.17. The van der Waals surface area contributed by atoms with Crippen LogP contribution < -0.4 is 5.73 Å². The fourth-order valence-electron chi connectivity index (χ4n) is 1.72. The minimum atomic E-state index is -0.711. The molecule has 0 spiro atoms. The Hall–Kier alpha value is -0.610. The predicted molar refractivity (Wildman–Crippen MR) is 59.3 cm³/mol. The Labute approximate surface area is 91.4 Å². The van der Waals surface area contributed by atoms with E-state index < -0.39 is 5.60 Å². The molecule has 0 radical (unpaired) electrons. The number of carbonyl (C=O) groups excluding carboxylic acids is 1. The van der Waals surface area contributed by atoms with Gasteiger partial charge < -0.3 is 15.7 Å². The summed E-state index contributed by atoms with van der Waals surface area (Å²) in [6, 6.07) is -0.0805. The Balaban J connectivity index is 2.42. The highest BCUT2D eigenvalue weighted by molar-refractivity contribution is 5.77. The zero-order valence-corrected chi connectivity index (χ0v) is 9.86. The molecule has 0 aromatic heterocycles. The molecule has 0 aliphatic carbocycles. The Bertz CT molecular complexity index is 239. The summed E-state index contributed by atoms with van der Waals surface area (Å²) < 4.78 is 0. The number of carbonyl (C=O) groups is 1. The quantitative estimate of drug-likeness (QED) is 0.712. The normalized spacial score (nSPS) is 28.5. The number of rotatable bonds is 3. The molecule has 1 amide bonds. The maximum Gasteiger partial charge on any atom is 0.224 e. The van der Waals surface area contributed by atoms with Crippen LogP contribution in [0.25, 0.3) is 0 Å². The maximum atomic E-state index is 11.8. The number of hydrogen-bond acceptors (Lipinski definition) is 3. The Kier molecular flexibility index (Phi) is 3.73. The van der Waals surface area contributed by atoms with Crippen molar-refractivity contribution in [1.82, 2.24) is 4.90 Å². The monoisotopic (exact) mass is 214 g/mol. The minimum Gasteiger partial charge on any atom is -0.388 e. The largest absolute Gasteiger partial charge is 0.388 e. The number of aliphatic hydroxyl groups is 1. The van der Waals surface area contributed by atoms with Crippen molar-refractivity contribution in [2.75, 3.05) is 13.1 Å². The molecule has 2 atom stereocenters. The molecule has 0 bridgehead atoms. The highest BCUT2D eigenvalue weighted by atomic mass is 16.3. The standard InChI is InChI=1S/C11H22N2O2/c1-8(2)9(12)6-10(14)13-5-4-11(3,15)7-13/h8-9,15H,4-7,12H2,1-3H3. The second-order valence-corrected chi connectivity index (χ2v) is 5.17. The topological polar surface area (TPSA) is 66.6 Å². The van der Waals surface area contributed by atoms with Crippen molar-refractivity contribution in [3.05, 3.63) is 0 Å². The zero-order valence-electron chi connectivity index (χ0n) is 9.86. The van der Waals surface area contributed by atoms with Gasteiger partial charge in [-0.05, 0) is 19.3 Å². The summed E-state index contributed by atoms with van der Waals surface area (Å²) in [5, 5.41) is 9.73. The molecule has 1 saturated heterocycles. The molecule has 4 heteroatoms. The van der Waals surface area contributed by atoms with Gasteiger partial charge in [0.25, 0.3) is 0 Å². The van der Waals surface area contributed by atoms with Crippen LogP contribution in [0.4, 0.5) is 0 Å². The molecular weight excluding hydrogens is 192 g/mol. The fraction of sp³-hybridized carbons (Fsp3) is 0.909. The number of amides is 1. The van der Waals surface area contributed by atoms with E-state index in [-0.39, 0.29) is 11.9 Å². The molecule has 1 aliphatic rings. The average molecular weight is 214 g/mol. The van der Waals surface area contributed by atoms with Gasteiger partial charge in [-0.3, -0.25) is 4.79 Å². The van der Waals surface area contributed by atoms with Crippen molar-refractivity contribution in [3.8, 4) is 0 Å². The van der Waals surface area contributed by atoms with Crippen molar-refractivity contribution in [2.45, 2.75) is 45.3 Å². The smallest absolute Gasteiger partial charge is 0.224 e. The van der Waals surface area contributed by atoms with Gasteiger partial charge >= 0.3 is 0 Å². The second kappa shape index (κ2) is 4.49. The molecule has 15 heavy (non-hydrogen) atoms. The van der Waals surface area contributed by atoms with Crippen LogP contribution in [0.15, 0.2) is 0 Å². The summed E-state index contributed by atoms with van der Waals surface area (Å²) in [5.41, 5.74) is 5.13. The molecule has 88 valence electrons. The Morgan fingerprint density at radius 2 is 2.20 bits per heavy atom. The van der Waals surface area contributed by atoms with Gasteiger partial charge in [-0.25, -0.2) is 0 Å². The molecule has 1 aliphatic heterocycles. The number of nitrogens with two attached hydrogens (primary N) is 1.